The van der Waals surface area contributed by atoms with E-state index < -0.39 is 6.04 Å². The van der Waals surface area contributed by atoms with Crippen molar-refractivity contribution in [3.63, 3.8) is 0 Å². The average molecular weight is 424 g/mol. The van der Waals surface area contributed by atoms with Crippen LogP contribution in [0.5, 0.6) is 0 Å². The van der Waals surface area contributed by atoms with E-state index in [1.54, 1.807) is 29.2 Å². The van der Waals surface area contributed by atoms with Gasteiger partial charge in [0.2, 0.25) is 5.76 Å². The summed E-state index contributed by atoms with van der Waals surface area (Å²) >= 11 is 1.43. The van der Waals surface area contributed by atoms with Crippen LogP contribution in [0.25, 0.3) is 21.2 Å². The predicted molar refractivity (Wildman–Crippen MR) is 122 cm³/mol. The lowest BCUT2D eigenvalue weighted by Gasteiger charge is -2.22. The number of hydrogen-bond acceptors (Lipinski definition) is 5. The summed E-state index contributed by atoms with van der Waals surface area (Å²) < 4.78 is 6.96. The Labute approximate surface area is 181 Å². The predicted octanol–water partition coefficient (Wildman–Crippen LogP) is 5.46. The molecule has 0 unspecified atom stereocenters. The number of aryl methyl sites for hydroxylation is 1. The monoisotopic (exact) mass is 424 g/mol. The lowest BCUT2D eigenvalue weighted by molar-refractivity contribution is 0.0971. The standard InChI is InChI=1S/C25H16N2O3S/c1-14-10-12-15(13-11-14)21-20-22(28)16-6-2-4-8-18(16)30-23(20)24(29)27(21)25-26-17-7-3-5-9-19(17)31-25/h2-13,21H,1H3/t21-/m0/s1. The number of thiazole rings is 1. The van der Waals surface area contributed by atoms with Crippen LogP contribution in [0, 0.1) is 6.92 Å². The van der Waals surface area contributed by atoms with Gasteiger partial charge < -0.3 is 4.42 Å². The first kappa shape index (κ1) is 18.0. The zero-order valence-electron chi connectivity index (χ0n) is 16.5. The Morgan fingerprint density at radius 1 is 0.935 bits per heavy atom. The number of carbonyl (C=O) groups is 1. The normalized spacial score (nSPS) is 15.7. The molecular weight excluding hydrogens is 408 g/mol. The van der Waals surface area contributed by atoms with Crippen LogP contribution >= 0.6 is 11.3 Å². The van der Waals surface area contributed by atoms with Crippen LogP contribution < -0.4 is 10.3 Å². The third-order valence-electron chi connectivity index (χ3n) is 5.66. The Morgan fingerprint density at radius 2 is 1.68 bits per heavy atom. The highest BCUT2D eigenvalue weighted by atomic mass is 32.1. The maximum absolute atomic E-state index is 13.6. The number of anilines is 1. The van der Waals surface area contributed by atoms with Crippen molar-refractivity contribution in [1.82, 2.24) is 4.98 Å². The van der Waals surface area contributed by atoms with Gasteiger partial charge in [-0.25, -0.2) is 4.98 Å². The van der Waals surface area contributed by atoms with Crippen molar-refractivity contribution < 1.29 is 9.21 Å². The third kappa shape index (κ3) is 2.65. The van der Waals surface area contributed by atoms with Gasteiger partial charge in [0.1, 0.15) is 5.58 Å². The van der Waals surface area contributed by atoms with E-state index in [9.17, 15) is 9.59 Å². The molecule has 0 spiro atoms. The summed E-state index contributed by atoms with van der Waals surface area (Å²) in [6.07, 6.45) is 0. The SMILES string of the molecule is Cc1ccc([C@H]2c3c(oc4ccccc4c3=O)C(=O)N2c2nc3ccccc3s2)cc1. The molecule has 0 radical (unpaired) electrons. The molecule has 1 aliphatic heterocycles. The molecule has 1 aliphatic rings. The number of fused-ring (bicyclic) bond motifs is 3. The highest BCUT2D eigenvalue weighted by molar-refractivity contribution is 7.22. The Balaban J connectivity index is 1.65. The second-order valence-corrected chi connectivity index (χ2v) is 8.63. The molecule has 0 saturated heterocycles. The van der Waals surface area contributed by atoms with Gasteiger partial charge in [-0.2, -0.15) is 0 Å². The fraction of sp³-hybridized carbons (Fsp3) is 0.0800. The number of para-hydroxylation sites is 2. The van der Waals surface area contributed by atoms with Gasteiger partial charge in [0.05, 0.1) is 27.2 Å². The first-order valence-electron chi connectivity index (χ1n) is 9.93. The maximum Gasteiger partial charge on any atom is 0.297 e. The molecule has 0 aliphatic carbocycles. The molecule has 1 atom stereocenters. The van der Waals surface area contributed by atoms with Gasteiger partial charge in [-0.05, 0) is 36.8 Å². The molecule has 6 heteroatoms. The van der Waals surface area contributed by atoms with Gasteiger partial charge in [-0.1, -0.05) is 65.4 Å². The lowest BCUT2D eigenvalue weighted by atomic mass is 9.98. The molecule has 5 aromatic rings. The summed E-state index contributed by atoms with van der Waals surface area (Å²) in [6.45, 7) is 2.00. The van der Waals surface area contributed by atoms with E-state index in [-0.39, 0.29) is 17.1 Å². The van der Waals surface area contributed by atoms with E-state index in [0.717, 1.165) is 21.3 Å². The topological polar surface area (TPSA) is 63.4 Å². The van der Waals surface area contributed by atoms with Crippen molar-refractivity contribution in [2.75, 3.05) is 4.90 Å². The van der Waals surface area contributed by atoms with Crippen molar-refractivity contribution in [2.45, 2.75) is 13.0 Å². The Morgan fingerprint density at radius 3 is 2.48 bits per heavy atom. The molecule has 3 heterocycles. The van der Waals surface area contributed by atoms with Gasteiger partial charge >= 0.3 is 0 Å². The molecule has 2 aromatic heterocycles. The molecule has 6 rings (SSSR count). The summed E-state index contributed by atoms with van der Waals surface area (Å²) in [6, 6.07) is 22.1. The fourth-order valence-corrected chi connectivity index (χ4v) is 5.14. The Bertz CT molecular complexity index is 1520. The molecule has 31 heavy (non-hydrogen) atoms. The van der Waals surface area contributed by atoms with Gasteiger partial charge in [0, 0.05) is 0 Å². The van der Waals surface area contributed by atoms with E-state index in [2.05, 4.69) is 0 Å². The van der Waals surface area contributed by atoms with Crippen molar-refractivity contribution in [3.8, 4) is 0 Å². The van der Waals surface area contributed by atoms with E-state index in [1.807, 2.05) is 55.5 Å². The number of hydrogen-bond donors (Lipinski definition) is 0. The summed E-state index contributed by atoms with van der Waals surface area (Å²) in [5.41, 5.74) is 3.36. The number of nitrogens with zero attached hydrogens (tertiary/aromatic N) is 2. The third-order valence-corrected chi connectivity index (χ3v) is 6.70. The smallest absolute Gasteiger partial charge is 0.297 e. The number of rotatable bonds is 2. The van der Waals surface area contributed by atoms with Crippen molar-refractivity contribution >= 4 is 43.6 Å². The minimum absolute atomic E-state index is 0.0912. The fourth-order valence-electron chi connectivity index (χ4n) is 4.14. The molecular formula is C25H16N2O3S. The zero-order valence-corrected chi connectivity index (χ0v) is 17.3. The van der Waals surface area contributed by atoms with Gasteiger partial charge in [0.15, 0.2) is 10.6 Å². The molecule has 1 amide bonds. The highest BCUT2D eigenvalue weighted by Gasteiger charge is 2.44. The number of amides is 1. The number of aromatic nitrogens is 1. The van der Waals surface area contributed by atoms with Crippen LogP contribution in [-0.2, 0) is 0 Å². The van der Waals surface area contributed by atoms with Crippen molar-refractivity contribution in [2.24, 2.45) is 0 Å². The van der Waals surface area contributed by atoms with Crippen LogP contribution in [0.15, 0.2) is 82.0 Å². The van der Waals surface area contributed by atoms with Crippen LogP contribution in [0.4, 0.5) is 5.13 Å². The van der Waals surface area contributed by atoms with Crippen LogP contribution in [0.3, 0.4) is 0 Å². The minimum Gasteiger partial charge on any atom is -0.450 e. The first-order valence-corrected chi connectivity index (χ1v) is 10.7. The molecule has 0 fully saturated rings. The summed E-state index contributed by atoms with van der Waals surface area (Å²) in [7, 11) is 0. The largest absolute Gasteiger partial charge is 0.450 e. The van der Waals surface area contributed by atoms with Gasteiger partial charge in [0.25, 0.3) is 5.91 Å². The second-order valence-electron chi connectivity index (χ2n) is 7.62. The quantitative estimate of drug-likeness (QED) is 0.377. The van der Waals surface area contributed by atoms with Crippen LogP contribution in [0.1, 0.15) is 33.3 Å². The summed E-state index contributed by atoms with van der Waals surface area (Å²) in [5.74, 6) is -0.254. The summed E-state index contributed by atoms with van der Waals surface area (Å²) in [5, 5.41) is 1.02. The first-order chi connectivity index (χ1) is 15.1. The minimum atomic E-state index is -0.593. The molecule has 3 aromatic carbocycles. The van der Waals surface area contributed by atoms with E-state index in [1.165, 1.54) is 11.3 Å². The lowest BCUT2D eigenvalue weighted by Crippen LogP contribution is -2.29. The number of carbonyl (C=O) groups excluding carboxylic acids is 1. The Hall–Kier alpha value is -3.77. The molecule has 5 nitrogen and oxygen atoms in total. The Kier molecular flexibility index (Phi) is 3.85. The maximum atomic E-state index is 13.6. The second kappa shape index (κ2) is 6.62. The molecule has 150 valence electrons. The van der Waals surface area contributed by atoms with Gasteiger partial charge in [-0.15, -0.1) is 0 Å². The van der Waals surface area contributed by atoms with E-state index in [4.69, 9.17) is 9.40 Å². The van der Waals surface area contributed by atoms with E-state index >= 15 is 0 Å². The average Bonchev–Trinajstić information content (AvgIpc) is 3.33. The van der Waals surface area contributed by atoms with Crippen molar-refractivity contribution in [3.05, 3.63) is 105 Å². The highest BCUT2D eigenvalue weighted by Crippen LogP contribution is 2.43. The summed E-state index contributed by atoms with van der Waals surface area (Å²) in [4.78, 5) is 33.4. The molecule has 0 N–H and O–H groups in total. The number of benzene rings is 3. The van der Waals surface area contributed by atoms with Crippen LogP contribution in [-0.4, -0.2) is 10.9 Å². The van der Waals surface area contributed by atoms with Crippen LogP contribution in [0.2, 0.25) is 0 Å². The van der Waals surface area contributed by atoms with Crippen molar-refractivity contribution in [1.29, 1.82) is 0 Å². The molecule has 0 bridgehead atoms. The molecule has 0 saturated carbocycles. The van der Waals surface area contributed by atoms with Gasteiger partial charge in [-0.3, -0.25) is 14.5 Å². The van der Waals surface area contributed by atoms with E-state index in [0.29, 0.717) is 21.7 Å². The zero-order chi connectivity index (χ0) is 21.1.